The first-order valence-electron chi connectivity index (χ1n) is 10.4. The first kappa shape index (κ1) is 22.5. The van der Waals surface area contributed by atoms with E-state index in [9.17, 15) is 0 Å². The lowest BCUT2D eigenvalue weighted by atomic mass is 10.2. The maximum Gasteiger partial charge on any atom is 0.0109 e. The number of benzene rings is 1. The highest BCUT2D eigenvalue weighted by molar-refractivity contribution is 7.99. The minimum absolute atomic E-state index is 1.22. The monoisotopic (exact) mass is 364 g/mol. The zero-order chi connectivity index (χ0) is 18.2. The molecule has 0 atom stereocenters. The molecule has 0 bridgehead atoms. The Bertz CT molecular complexity index is 388. The summed E-state index contributed by atoms with van der Waals surface area (Å²) in [7, 11) is 0. The van der Waals surface area contributed by atoms with Gasteiger partial charge in [0.05, 0.1) is 0 Å². The van der Waals surface area contributed by atoms with Crippen molar-refractivity contribution < 1.29 is 0 Å². The summed E-state index contributed by atoms with van der Waals surface area (Å²) in [5.74, 6) is 1.22. The number of rotatable bonds is 16. The van der Waals surface area contributed by atoms with Crippen LogP contribution in [-0.4, -0.2) is 54.8 Å². The Hall–Kier alpha value is -0.510. The second-order valence-corrected chi connectivity index (χ2v) is 8.07. The van der Waals surface area contributed by atoms with Crippen LogP contribution in [0.4, 0.5) is 0 Å². The molecule has 0 saturated carbocycles. The van der Waals surface area contributed by atoms with Crippen LogP contribution in [0.5, 0.6) is 0 Å². The van der Waals surface area contributed by atoms with E-state index < -0.39 is 0 Å². The molecule has 144 valence electrons. The number of unbranched alkanes of at least 4 members (excludes halogenated alkanes) is 2. The van der Waals surface area contributed by atoms with Gasteiger partial charge in [0.1, 0.15) is 0 Å². The highest BCUT2D eigenvalue weighted by Crippen LogP contribution is 2.17. The normalized spacial score (nSPS) is 11.6. The second kappa shape index (κ2) is 15.7. The van der Waals surface area contributed by atoms with Gasteiger partial charge in [-0.25, -0.2) is 0 Å². The van der Waals surface area contributed by atoms with Crippen molar-refractivity contribution in [2.24, 2.45) is 0 Å². The van der Waals surface area contributed by atoms with Gasteiger partial charge in [-0.1, -0.05) is 51.8 Å². The average Bonchev–Trinajstić information content (AvgIpc) is 2.65. The molecule has 25 heavy (non-hydrogen) atoms. The minimum atomic E-state index is 1.22. The van der Waals surface area contributed by atoms with E-state index in [1.54, 1.807) is 0 Å². The summed E-state index contributed by atoms with van der Waals surface area (Å²) in [6.07, 6.45) is 7.83. The Morgan fingerprint density at radius 2 is 1.20 bits per heavy atom. The van der Waals surface area contributed by atoms with Crippen molar-refractivity contribution in [3.63, 3.8) is 0 Å². The predicted molar refractivity (Wildman–Crippen MR) is 115 cm³/mol. The molecule has 0 saturated heterocycles. The molecule has 3 heteroatoms. The third kappa shape index (κ3) is 11.7. The van der Waals surface area contributed by atoms with Crippen molar-refractivity contribution in [2.75, 3.05) is 45.0 Å². The minimum Gasteiger partial charge on any atom is -0.302 e. The van der Waals surface area contributed by atoms with Gasteiger partial charge in [0.25, 0.3) is 0 Å². The molecule has 0 spiro atoms. The van der Waals surface area contributed by atoms with Gasteiger partial charge in [0.15, 0.2) is 0 Å². The maximum atomic E-state index is 2.69. The summed E-state index contributed by atoms with van der Waals surface area (Å²) in [6, 6.07) is 10.8. The summed E-state index contributed by atoms with van der Waals surface area (Å²) in [4.78, 5) is 6.76. The van der Waals surface area contributed by atoms with E-state index in [-0.39, 0.29) is 0 Å². The second-order valence-electron chi connectivity index (χ2n) is 6.91. The Morgan fingerprint density at radius 3 is 1.76 bits per heavy atom. The fourth-order valence-electron chi connectivity index (χ4n) is 3.03. The zero-order valence-electron chi connectivity index (χ0n) is 16.9. The van der Waals surface area contributed by atoms with Crippen molar-refractivity contribution in [1.82, 2.24) is 9.80 Å². The van der Waals surface area contributed by atoms with Gasteiger partial charge in [0, 0.05) is 18.0 Å². The van der Waals surface area contributed by atoms with Gasteiger partial charge in [-0.05, 0) is 69.7 Å². The van der Waals surface area contributed by atoms with Gasteiger partial charge in [-0.15, -0.1) is 11.8 Å². The van der Waals surface area contributed by atoms with Gasteiger partial charge in [-0.3, -0.25) is 0 Å². The molecule has 1 rings (SSSR count). The standard InChI is InChI=1S/C22H40N2S/c1-4-7-16-24(17-8-5-2)20-19-23(15-6-3)18-12-21-25-22-13-10-9-11-14-22/h9-11,13-14H,4-8,12,15-21H2,1-3H3. The first-order chi connectivity index (χ1) is 12.3. The lowest BCUT2D eigenvalue weighted by Gasteiger charge is -2.27. The van der Waals surface area contributed by atoms with Crippen LogP contribution in [0.1, 0.15) is 59.3 Å². The molecule has 0 unspecified atom stereocenters. The van der Waals surface area contributed by atoms with Crippen LogP contribution in [0.15, 0.2) is 35.2 Å². The molecule has 1 aromatic rings. The van der Waals surface area contributed by atoms with E-state index in [0.717, 1.165) is 0 Å². The van der Waals surface area contributed by atoms with E-state index in [4.69, 9.17) is 0 Å². The van der Waals surface area contributed by atoms with E-state index >= 15 is 0 Å². The number of hydrogen-bond acceptors (Lipinski definition) is 3. The lowest BCUT2D eigenvalue weighted by Crippen LogP contribution is -2.37. The summed E-state index contributed by atoms with van der Waals surface area (Å²) in [5, 5.41) is 0. The van der Waals surface area contributed by atoms with Crippen LogP contribution in [0, 0.1) is 0 Å². The van der Waals surface area contributed by atoms with Crippen LogP contribution in [-0.2, 0) is 0 Å². The van der Waals surface area contributed by atoms with E-state index in [1.807, 2.05) is 11.8 Å². The number of nitrogens with zero attached hydrogens (tertiary/aromatic N) is 2. The Balaban J connectivity index is 2.28. The zero-order valence-corrected chi connectivity index (χ0v) is 17.7. The molecule has 0 fully saturated rings. The van der Waals surface area contributed by atoms with Crippen LogP contribution in [0.3, 0.4) is 0 Å². The molecule has 0 aromatic heterocycles. The smallest absolute Gasteiger partial charge is 0.0109 e. The third-order valence-corrected chi connectivity index (χ3v) is 5.66. The largest absolute Gasteiger partial charge is 0.302 e. The Labute approximate surface area is 161 Å². The van der Waals surface area contributed by atoms with E-state index in [0.29, 0.717) is 0 Å². The van der Waals surface area contributed by atoms with Crippen LogP contribution >= 0.6 is 11.8 Å². The Morgan fingerprint density at radius 1 is 0.640 bits per heavy atom. The molecular formula is C22H40N2S. The molecule has 0 amide bonds. The summed E-state index contributed by atoms with van der Waals surface area (Å²) in [6.45, 7) is 14.4. The molecule has 1 aromatic carbocycles. The highest BCUT2D eigenvalue weighted by atomic mass is 32.2. The van der Waals surface area contributed by atoms with Gasteiger partial charge in [-0.2, -0.15) is 0 Å². The summed E-state index contributed by atoms with van der Waals surface area (Å²) < 4.78 is 0. The average molecular weight is 365 g/mol. The number of hydrogen-bond donors (Lipinski definition) is 0. The summed E-state index contributed by atoms with van der Waals surface area (Å²) in [5.41, 5.74) is 0. The van der Waals surface area contributed by atoms with E-state index in [1.165, 1.54) is 88.4 Å². The highest BCUT2D eigenvalue weighted by Gasteiger charge is 2.08. The SMILES string of the molecule is CCCCN(CCCC)CCN(CCC)CCCSc1ccccc1. The topological polar surface area (TPSA) is 6.48 Å². The molecular weight excluding hydrogens is 324 g/mol. The van der Waals surface area contributed by atoms with Gasteiger partial charge in [0.2, 0.25) is 0 Å². The fourth-order valence-corrected chi connectivity index (χ4v) is 3.89. The maximum absolute atomic E-state index is 2.69. The predicted octanol–water partition coefficient (Wildman–Crippen LogP) is 5.78. The van der Waals surface area contributed by atoms with Crippen LogP contribution in [0.25, 0.3) is 0 Å². The molecule has 0 N–H and O–H groups in total. The molecule has 0 heterocycles. The van der Waals surface area contributed by atoms with Crippen molar-refractivity contribution >= 4 is 11.8 Å². The van der Waals surface area contributed by atoms with Crippen molar-refractivity contribution in [1.29, 1.82) is 0 Å². The molecule has 0 radical (unpaired) electrons. The van der Waals surface area contributed by atoms with Crippen LogP contribution < -0.4 is 0 Å². The number of thioether (sulfide) groups is 1. The first-order valence-corrected chi connectivity index (χ1v) is 11.4. The van der Waals surface area contributed by atoms with Crippen molar-refractivity contribution in [2.45, 2.75) is 64.2 Å². The molecule has 0 aliphatic carbocycles. The fraction of sp³-hybridized carbons (Fsp3) is 0.727. The van der Waals surface area contributed by atoms with E-state index in [2.05, 4.69) is 60.9 Å². The summed E-state index contributed by atoms with van der Waals surface area (Å²) >= 11 is 1.99. The van der Waals surface area contributed by atoms with Crippen molar-refractivity contribution in [3.8, 4) is 0 Å². The Kier molecular flexibility index (Phi) is 14.2. The van der Waals surface area contributed by atoms with Gasteiger partial charge >= 0.3 is 0 Å². The molecule has 0 aliphatic rings. The van der Waals surface area contributed by atoms with Crippen LogP contribution in [0.2, 0.25) is 0 Å². The lowest BCUT2D eigenvalue weighted by molar-refractivity contribution is 0.200. The van der Waals surface area contributed by atoms with Crippen molar-refractivity contribution in [3.05, 3.63) is 30.3 Å². The third-order valence-electron chi connectivity index (χ3n) is 4.56. The molecule has 2 nitrogen and oxygen atoms in total. The molecule has 0 aliphatic heterocycles. The quantitative estimate of drug-likeness (QED) is 0.271. The van der Waals surface area contributed by atoms with Gasteiger partial charge < -0.3 is 9.80 Å².